The molecule has 0 aliphatic carbocycles. The van der Waals surface area contributed by atoms with Gasteiger partial charge in [0, 0.05) is 21.7 Å². The van der Waals surface area contributed by atoms with Crippen LogP contribution in [0, 0.1) is 36.7 Å². The third kappa shape index (κ3) is 5.68. The zero-order valence-electron chi connectivity index (χ0n) is 19.6. The molecule has 4 rings (SSSR count). The molecular weight excluding hydrogens is 467 g/mol. The van der Waals surface area contributed by atoms with Crippen LogP contribution in [0.15, 0.2) is 71.9 Å². The molecule has 0 bridgehead atoms. The van der Waals surface area contributed by atoms with Gasteiger partial charge in [0.15, 0.2) is 5.16 Å². The van der Waals surface area contributed by atoms with Gasteiger partial charge >= 0.3 is 0 Å². The average molecular weight is 493 g/mol. The van der Waals surface area contributed by atoms with Crippen molar-refractivity contribution >= 4 is 11.8 Å². The zero-order valence-corrected chi connectivity index (χ0v) is 20.5. The molecule has 0 unspecified atom stereocenters. The first-order valence-electron chi connectivity index (χ1n) is 11.1. The van der Waals surface area contributed by atoms with Crippen LogP contribution in [0.2, 0.25) is 0 Å². The summed E-state index contributed by atoms with van der Waals surface area (Å²) in [4.78, 5) is 11.3. The lowest BCUT2D eigenvalue weighted by Crippen LogP contribution is -2.12. The van der Waals surface area contributed by atoms with Crippen LogP contribution in [0.5, 0.6) is 5.75 Å². The quantitative estimate of drug-likeness (QED) is 0.161. The van der Waals surface area contributed by atoms with E-state index in [-0.39, 0.29) is 23.9 Å². The van der Waals surface area contributed by atoms with E-state index in [2.05, 4.69) is 10.2 Å². The molecule has 180 valence electrons. The molecule has 0 N–H and O–H groups in total. The number of aryl methyl sites for hydroxylation is 3. The summed E-state index contributed by atoms with van der Waals surface area (Å²) in [6.07, 6.45) is 0. The van der Waals surface area contributed by atoms with Crippen LogP contribution in [-0.2, 0) is 6.61 Å². The normalized spacial score (nSPS) is 11.9. The molecule has 0 saturated carbocycles. The van der Waals surface area contributed by atoms with Gasteiger partial charge in [0.05, 0.1) is 0 Å². The number of ether oxygens (including phenoxy) is 1. The Morgan fingerprint density at radius 3 is 2.51 bits per heavy atom. The summed E-state index contributed by atoms with van der Waals surface area (Å²) in [6, 6.07) is 19.6. The van der Waals surface area contributed by atoms with E-state index in [4.69, 9.17) is 4.74 Å². The minimum Gasteiger partial charge on any atom is -0.488 e. The zero-order chi connectivity index (χ0) is 24.9. The number of aromatic nitrogens is 3. The Morgan fingerprint density at radius 2 is 1.77 bits per heavy atom. The van der Waals surface area contributed by atoms with Gasteiger partial charge in [-0.15, -0.1) is 10.2 Å². The van der Waals surface area contributed by atoms with Crippen molar-refractivity contribution in [3.8, 4) is 11.4 Å². The fourth-order valence-electron chi connectivity index (χ4n) is 3.69. The maximum absolute atomic E-state index is 14.1. The third-order valence-corrected chi connectivity index (χ3v) is 6.88. The molecule has 0 saturated heterocycles. The van der Waals surface area contributed by atoms with E-state index in [0.29, 0.717) is 27.9 Å². The third-order valence-electron chi connectivity index (χ3n) is 5.71. The number of hydrogen-bond acceptors (Lipinski definition) is 6. The molecule has 0 fully saturated rings. The van der Waals surface area contributed by atoms with Gasteiger partial charge in [0.25, 0.3) is 0 Å². The predicted molar refractivity (Wildman–Crippen MR) is 133 cm³/mol. The molecule has 0 aliphatic heterocycles. The Hall–Kier alpha value is -3.72. The lowest BCUT2D eigenvalue weighted by Gasteiger charge is -2.18. The molecule has 0 amide bonds. The minimum absolute atomic E-state index is 0.0114. The van der Waals surface area contributed by atoms with Gasteiger partial charge < -0.3 is 4.74 Å². The number of halogens is 1. The SMILES string of the molecule is Cc1ccc(-n2c(C)nnc2S[C@@H](C[N+](=O)[O-])c2ccccc2OCc2ccccc2F)cc1C. The second-order valence-electron chi connectivity index (χ2n) is 8.17. The highest BCUT2D eigenvalue weighted by molar-refractivity contribution is 7.99. The van der Waals surface area contributed by atoms with Gasteiger partial charge in [-0.2, -0.15) is 0 Å². The Balaban J connectivity index is 1.66. The second kappa shape index (κ2) is 10.7. The fourth-order valence-corrected chi connectivity index (χ4v) is 4.90. The van der Waals surface area contributed by atoms with Crippen LogP contribution in [0.1, 0.15) is 33.3 Å². The Kier molecular flexibility index (Phi) is 7.45. The predicted octanol–water partition coefficient (Wildman–Crippen LogP) is 6.02. The van der Waals surface area contributed by atoms with E-state index >= 15 is 0 Å². The van der Waals surface area contributed by atoms with Crippen LogP contribution in [0.4, 0.5) is 4.39 Å². The van der Waals surface area contributed by atoms with E-state index in [1.807, 2.05) is 43.5 Å². The summed E-state index contributed by atoms with van der Waals surface area (Å²) in [5.41, 5.74) is 4.23. The van der Waals surface area contributed by atoms with E-state index in [1.165, 1.54) is 23.4 Å². The standard InChI is InChI=1S/C26H25FN4O3S/c1-17-12-13-21(14-18(17)2)31-19(3)28-29-26(31)35-25(15-30(32)33)22-9-5-7-11-24(22)34-16-20-8-4-6-10-23(20)27/h4-14,25H,15-16H2,1-3H3/t25-/m0/s1. The molecule has 1 aromatic heterocycles. The molecule has 0 radical (unpaired) electrons. The molecule has 35 heavy (non-hydrogen) atoms. The summed E-state index contributed by atoms with van der Waals surface area (Å²) in [6.45, 7) is 5.59. The Bertz CT molecular complexity index is 1360. The molecule has 7 nitrogen and oxygen atoms in total. The molecule has 9 heteroatoms. The highest BCUT2D eigenvalue weighted by atomic mass is 32.2. The van der Waals surface area contributed by atoms with Crippen molar-refractivity contribution in [3.63, 3.8) is 0 Å². The molecule has 0 aliphatic rings. The van der Waals surface area contributed by atoms with Crippen LogP contribution in [-0.4, -0.2) is 26.2 Å². The summed E-state index contributed by atoms with van der Waals surface area (Å²) in [7, 11) is 0. The summed E-state index contributed by atoms with van der Waals surface area (Å²) < 4.78 is 21.9. The number of para-hydroxylation sites is 1. The van der Waals surface area contributed by atoms with Crippen LogP contribution >= 0.6 is 11.8 Å². The fraction of sp³-hybridized carbons (Fsp3) is 0.231. The van der Waals surface area contributed by atoms with Gasteiger partial charge in [-0.05, 0) is 56.2 Å². The minimum atomic E-state index is -0.601. The first-order chi connectivity index (χ1) is 16.8. The van der Waals surface area contributed by atoms with Gasteiger partial charge in [0.2, 0.25) is 6.54 Å². The average Bonchev–Trinajstić information content (AvgIpc) is 3.19. The highest BCUT2D eigenvalue weighted by Gasteiger charge is 2.26. The lowest BCUT2D eigenvalue weighted by atomic mass is 10.1. The molecule has 3 aromatic carbocycles. The lowest BCUT2D eigenvalue weighted by molar-refractivity contribution is -0.479. The molecule has 1 heterocycles. The summed E-state index contributed by atoms with van der Waals surface area (Å²) in [5.74, 6) is 0.780. The van der Waals surface area contributed by atoms with E-state index in [1.54, 1.807) is 42.5 Å². The Morgan fingerprint density at radius 1 is 1.03 bits per heavy atom. The smallest absolute Gasteiger partial charge is 0.220 e. The highest BCUT2D eigenvalue weighted by Crippen LogP contribution is 2.40. The number of nitrogens with zero attached hydrogens (tertiary/aromatic N) is 4. The van der Waals surface area contributed by atoms with Crippen molar-refractivity contribution in [2.45, 2.75) is 37.8 Å². The van der Waals surface area contributed by atoms with Gasteiger partial charge in [-0.25, -0.2) is 4.39 Å². The van der Waals surface area contributed by atoms with Crippen molar-refractivity contribution in [2.75, 3.05) is 6.54 Å². The number of thioether (sulfide) groups is 1. The summed E-state index contributed by atoms with van der Waals surface area (Å²) in [5, 5.41) is 20.1. The van der Waals surface area contributed by atoms with Crippen LogP contribution in [0.3, 0.4) is 0 Å². The largest absolute Gasteiger partial charge is 0.488 e. The first-order valence-corrected chi connectivity index (χ1v) is 11.9. The number of rotatable bonds is 9. The molecule has 1 atom stereocenters. The maximum atomic E-state index is 14.1. The van der Waals surface area contributed by atoms with Gasteiger partial charge in [0.1, 0.15) is 29.2 Å². The topological polar surface area (TPSA) is 83.1 Å². The summed E-state index contributed by atoms with van der Waals surface area (Å²) >= 11 is 1.26. The van der Waals surface area contributed by atoms with Crippen molar-refractivity contribution < 1.29 is 14.1 Å². The van der Waals surface area contributed by atoms with Crippen molar-refractivity contribution in [3.05, 3.63) is 111 Å². The van der Waals surface area contributed by atoms with E-state index in [9.17, 15) is 14.5 Å². The number of nitro groups is 1. The molecule has 4 aromatic rings. The number of benzene rings is 3. The van der Waals surface area contributed by atoms with Crippen molar-refractivity contribution in [1.82, 2.24) is 14.8 Å². The molecule has 0 spiro atoms. The van der Waals surface area contributed by atoms with Gasteiger partial charge in [-0.3, -0.25) is 14.7 Å². The monoisotopic (exact) mass is 492 g/mol. The first kappa shape index (κ1) is 24.4. The van der Waals surface area contributed by atoms with Crippen molar-refractivity contribution in [1.29, 1.82) is 0 Å². The van der Waals surface area contributed by atoms with Gasteiger partial charge in [-0.1, -0.05) is 54.2 Å². The second-order valence-corrected chi connectivity index (χ2v) is 9.34. The molecular formula is C26H25FN4O3S. The van der Waals surface area contributed by atoms with Crippen LogP contribution in [0.25, 0.3) is 5.69 Å². The van der Waals surface area contributed by atoms with Crippen LogP contribution < -0.4 is 4.74 Å². The number of hydrogen-bond donors (Lipinski definition) is 0. The maximum Gasteiger partial charge on any atom is 0.220 e. The van der Waals surface area contributed by atoms with E-state index in [0.717, 1.165) is 11.3 Å². The van der Waals surface area contributed by atoms with Crippen molar-refractivity contribution in [2.24, 2.45) is 0 Å². The Labute approximate surface area is 207 Å². The van der Waals surface area contributed by atoms with E-state index < -0.39 is 5.25 Å².